The van der Waals surface area contributed by atoms with Crippen molar-refractivity contribution in [1.29, 1.82) is 0 Å². The Kier molecular flexibility index (Phi) is 4.21. The molecule has 8 heteroatoms. The van der Waals surface area contributed by atoms with E-state index in [-0.39, 0.29) is 17.6 Å². The second-order valence-corrected chi connectivity index (χ2v) is 7.68. The van der Waals surface area contributed by atoms with Crippen LogP contribution in [0.4, 0.5) is 8.78 Å². The van der Waals surface area contributed by atoms with Crippen molar-refractivity contribution in [2.24, 2.45) is 0 Å². The summed E-state index contributed by atoms with van der Waals surface area (Å²) in [4.78, 5) is -0.600. The largest absolute Gasteiger partial charge is 0.387 e. The Hall–Kier alpha value is -0.570. The SMILES string of the molecule is CCCC1(O)CN(S(=O)(=O)c2c(F)cc(F)cc2Br)C1. The molecule has 0 bridgehead atoms. The maximum atomic E-state index is 13.7. The second kappa shape index (κ2) is 5.32. The molecule has 112 valence electrons. The number of nitrogens with zero attached hydrogens (tertiary/aromatic N) is 1. The lowest BCUT2D eigenvalue weighted by atomic mass is 9.92. The molecule has 1 saturated heterocycles. The second-order valence-electron chi connectivity index (χ2n) is 4.95. The van der Waals surface area contributed by atoms with Crippen molar-refractivity contribution in [3.63, 3.8) is 0 Å². The Balaban J connectivity index is 2.30. The zero-order valence-corrected chi connectivity index (χ0v) is 13.1. The maximum absolute atomic E-state index is 13.7. The third-order valence-electron chi connectivity index (χ3n) is 3.22. The number of sulfonamides is 1. The Bertz CT molecular complexity index is 607. The monoisotopic (exact) mass is 369 g/mol. The minimum atomic E-state index is -4.08. The van der Waals surface area contributed by atoms with Gasteiger partial charge in [-0.2, -0.15) is 4.31 Å². The quantitative estimate of drug-likeness (QED) is 0.885. The van der Waals surface area contributed by atoms with Gasteiger partial charge in [-0.15, -0.1) is 0 Å². The lowest BCUT2D eigenvalue weighted by molar-refractivity contribution is -0.0654. The molecule has 0 radical (unpaired) electrons. The van der Waals surface area contributed by atoms with Crippen molar-refractivity contribution in [1.82, 2.24) is 4.31 Å². The number of β-amino-alcohol motifs (C(OH)–C–C–N with tert-alkyl or cyclic N) is 1. The van der Waals surface area contributed by atoms with E-state index < -0.39 is 32.2 Å². The summed E-state index contributed by atoms with van der Waals surface area (Å²) in [5.41, 5.74) is -1.05. The zero-order valence-electron chi connectivity index (χ0n) is 10.7. The summed E-state index contributed by atoms with van der Waals surface area (Å²) in [5.74, 6) is -2.01. The third kappa shape index (κ3) is 2.74. The van der Waals surface area contributed by atoms with Gasteiger partial charge in [0.25, 0.3) is 0 Å². The van der Waals surface area contributed by atoms with Crippen molar-refractivity contribution in [3.05, 3.63) is 28.2 Å². The molecular formula is C12H14BrF2NO3S. The lowest BCUT2D eigenvalue weighted by Gasteiger charge is -2.45. The molecule has 4 nitrogen and oxygen atoms in total. The van der Waals surface area contributed by atoms with Crippen molar-refractivity contribution < 1.29 is 22.3 Å². The van der Waals surface area contributed by atoms with Crippen molar-refractivity contribution >= 4 is 26.0 Å². The van der Waals surface area contributed by atoms with Gasteiger partial charge in [-0.25, -0.2) is 17.2 Å². The fraction of sp³-hybridized carbons (Fsp3) is 0.500. The van der Waals surface area contributed by atoms with Gasteiger partial charge in [0.2, 0.25) is 10.0 Å². The Morgan fingerprint density at radius 1 is 1.40 bits per heavy atom. The van der Waals surface area contributed by atoms with Gasteiger partial charge < -0.3 is 5.11 Å². The molecule has 1 fully saturated rings. The number of halogens is 3. The molecule has 0 unspecified atom stereocenters. The first-order chi connectivity index (χ1) is 9.19. The van der Waals surface area contributed by atoms with Gasteiger partial charge >= 0.3 is 0 Å². The molecule has 0 spiro atoms. The smallest absolute Gasteiger partial charge is 0.247 e. The van der Waals surface area contributed by atoms with Crippen LogP contribution in [0.15, 0.2) is 21.5 Å². The summed E-state index contributed by atoms with van der Waals surface area (Å²) in [5, 5.41) is 10.0. The first-order valence-corrected chi connectivity index (χ1v) is 8.30. The zero-order chi connectivity index (χ0) is 15.1. The van der Waals surface area contributed by atoms with Crippen molar-refractivity contribution in [2.45, 2.75) is 30.3 Å². The predicted octanol–water partition coefficient (Wildman–Crippen LogP) is 2.26. The topological polar surface area (TPSA) is 57.6 Å². The Morgan fingerprint density at radius 2 is 2.00 bits per heavy atom. The summed E-state index contributed by atoms with van der Waals surface area (Å²) < 4.78 is 52.1. The molecule has 0 amide bonds. The van der Waals surface area contributed by atoms with Gasteiger partial charge in [-0.3, -0.25) is 0 Å². The van der Waals surface area contributed by atoms with Crippen LogP contribution in [0.25, 0.3) is 0 Å². The molecule has 1 aliphatic heterocycles. The number of rotatable bonds is 4. The number of hydrogen-bond acceptors (Lipinski definition) is 3. The Labute approximate surface area is 124 Å². The molecule has 0 aromatic heterocycles. The number of aliphatic hydroxyl groups is 1. The Morgan fingerprint density at radius 3 is 2.50 bits per heavy atom. The summed E-state index contributed by atoms with van der Waals surface area (Å²) in [6, 6.07) is 1.42. The minimum absolute atomic E-state index is 0.0770. The summed E-state index contributed by atoms with van der Waals surface area (Å²) >= 11 is 2.87. The normalized spacial score (nSPS) is 18.9. The molecule has 2 rings (SSSR count). The van der Waals surface area contributed by atoms with Crippen LogP contribution in [0, 0.1) is 11.6 Å². The van der Waals surface area contributed by atoms with E-state index in [0.717, 1.165) is 16.8 Å². The standard InChI is InChI=1S/C12H14BrF2NO3S/c1-2-3-12(17)6-16(7-12)20(18,19)11-9(13)4-8(14)5-10(11)15/h4-5,17H,2-3,6-7H2,1H3. The van der Waals surface area contributed by atoms with Crippen LogP contribution in [0.2, 0.25) is 0 Å². The van der Waals surface area contributed by atoms with E-state index in [4.69, 9.17) is 0 Å². The fourth-order valence-electron chi connectivity index (χ4n) is 2.31. The van der Waals surface area contributed by atoms with Crippen molar-refractivity contribution in [3.8, 4) is 0 Å². The molecular weight excluding hydrogens is 356 g/mol. The molecule has 1 N–H and O–H groups in total. The van der Waals surface area contributed by atoms with E-state index in [1.165, 1.54) is 0 Å². The van der Waals surface area contributed by atoms with Gasteiger partial charge in [0, 0.05) is 23.6 Å². The first kappa shape index (κ1) is 15.8. The summed E-state index contributed by atoms with van der Waals surface area (Å²) in [7, 11) is -4.08. The van der Waals surface area contributed by atoms with Crippen LogP contribution >= 0.6 is 15.9 Å². The van der Waals surface area contributed by atoms with E-state index >= 15 is 0 Å². The van der Waals surface area contributed by atoms with Gasteiger partial charge in [-0.05, 0) is 28.4 Å². The summed E-state index contributed by atoms with van der Waals surface area (Å²) in [6.45, 7) is 1.73. The molecule has 1 aromatic carbocycles. The van der Waals surface area contributed by atoms with Gasteiger partial charge in [0.05, 0.1) is 5.60 Å². The van der Waals surface area contributed by atoms with Crippen LogP contribution < -0.4 is 0 Å². The first-order valence-electron chi connectivity index (χ1n) is 6.07. The van der Waals surface area contributed by atoms with E-state index in [9.17, 15) is 22.3 Å². The van der Waals surface area contributed by atoms with Gasteiger partial charge in [0.1, 0.15) is 16.5 Å². The molecule has 1 aromatic rings. The highest BCUT2D eigenvalue weighted by Crippen LogP contribution is 2.35. The highest BCUT2D eigenvalue weighted by atomic mass is 79.9. The van der Waals surface area contributed by atoms with Crippen LogP contribution in [-0.2, 0) is 10.0 Å². The maximum Gasteiger partial charge on any atom is 0.247 e. The summed E-state index contributed by atoms with van der Waals surface area (Å²) in [6.07, 6.45) is 1.20. The number of hydrogen-bond donors (Lipinski definition) is 1. The predicted molar refractivity (Wildman–Crippen MR) is 72.7 cm³/mol. The number of benzene rings is 1. The van der Waals surface area contributed by atoms with Crippen LogP contribution in [0.3, 0.4) is 0 Å². The van der Waals surface area contributed by atoms with E-state index in [1.54, 1.807) is 0 Å². The van der Waals surface area contributed by atoms with Gasteiger partial charge in [-0.1, -0.05) is 13.3 Å². The highest BCUT2D eigenvalue weighted by Gasteiger charge is 2.47. The average Bonchev–Trinajstić information content (AvgIpc) is 2.23. The lowest BCUT2D eigenvalue weighted by Crippen LogP contribution is -2.63. The van der Waals surface area contributed by atoms with Crippen LogP contribution in [0.5, 0.6) is 0 Å². The van der Waals surface area contributed by atoms with E-state index in [1.807, 2.05) is 6.92 Å². The minimum Gasteiger partial charge on any atom is -0.387 e. The van der Waals surface area contributed by atoms with E-state index in [2.05, 4.69) is 15.9 Å². The van der Waals surface area contributed by atoms with E-state index in [0.29, 0.717) is 12.5 Å². The van der Waals surface area contributed by atoms with Crippen LogP contribution in [-0.4, -0.2) is 36.5 Å². The molecule has 0 saturated carbocycles. The molecule has 0 aliphatic carbocycles. The van der Waals surface area contributed by atoms with Gasteiger partial charge in [0.15, 0.2) is 0 Å². The highest BCUT2D eigenvalue weighted by molar-refractivity contribution is 9.10. The molecule has 1 aliphatic rings. The molecule has 20 heavy (non-hydrogen) atoms. The fourth-order valence-corrected chi connectivity index (χ4v) is 5.02. The molecule has 1 heterocycles. The third-order valence-corrected chi connectivity index (χ3v) is 5.97. The average molecular weight is 370 g/mol. The molecule has 0 atom stereocenters. The van der Waals surface area contributed by atoms with Crippen LogP contribution in [0.1, 0.15) is 19.8 Å². The van der Waals surface area contributed by atoms with Crippen molar-refractivity contribution in [2.75, 3.05) is 13.1 Å².